The van der Waals surface area contributed by atoms with Crippen LogP contribution in [0.25, 0.3) is 0 Å². The molecule has 0 saturated carbocycles. The van der Waals surface area contributed by atoms with E-state index in [1.165, 1.54) is 6.42 Å². The fraction of sp³-hybridized carbons (Fsp3) is 0.714. The summed E-state index contributed by atoms with van der Waals surface area (Å²) < 4.78 is 5.27. The Bertz CT molecular complexity index is 93.1. The van der Waals surface area contributed by atoms with Crippen LogP contribution in [0.3, 0.4) is 0 Å². The van der Waals surface area contributed by atoms with Crippen molar-refractivity contribution in [3.63, 3.8) is 0 Å². The Morgan fingerprint density at radius 3 is 2.89 bits per heavy atom. The molecule has 1 fully saturated rings. The third-order valence-electron chi connectivity index (χ3n) is 1.52. The molecule has 0 radical (unpaired) electrons. The van der Waals surface area contributed by atoms with E-state index < -0.39 is 0 Å². The Labute approximate surface area is 55.1 Å². The van der Waals surface area contributed by atoms with Gasteiger partial charge in [0.05, 0.1) is 12.4 Å². The molecule has 1 heterocycles. The Hall–Kier alpha value is -0.500. The summed E-state index contributed by atoms with van der Waals surface area (Å²) in [6, 6.07) is 0. The van der Waals surface area contributed by atoms with Crippen LogP contribution in [0.4, 0.5) is 0 Å². The molecule has 1 unspecified atom stereocenters. The zero-order chi connectivity index (χ0) is 6.53. The summed E-state index contributed by atoms with van der Waals surface area (Å²) in [5, 5.41) is 8.36. The quantitative estimate of drug-likeness (QED) is 0.544. The molecule has 1 N–H and O–H groups in total. The molecule has 2 nitrogen and oxygen atoms in total. The zero-order valence-electron chi connectivity index (χ0n) is 5.42. The van der Waals surface area contributed by atoms with Gasteiger partial charge < -0.3 is 9.84 Å². The number of ether oxygens (including phenoxy) is 1. The molecule has 9 heavy (non-hydrogen) atoms. The maximum absolute atomic E-state index is 8.36. The second kappa shape index (κ2) is 3.51. The van der Waals surface area contributed by atoms with Crippen molar-refractivity contribution in [2.24, 2.45) is 0 Å². The highest BCUT2D eigenvalue weighted by Gasteiger charge is 2.09. The van der Waals surface area contributed by atoms with Gasteiger partial charge in [0.2, 0.25) is 0 Å². The number of aliphatic hydroxyl groups is 1. The summed E-state index contributed by atoms with van der Waals surface area (Å²) in [4.78, 5) is 0. The minimum absolute atomic E-state index is 0.170. The number of rotatable bonds is 1. The lowest BCUT2D eigenvalue weighted by atomic mass is 10.1. The monoisotopic (exact) mass is 128 g/mol. The van der Waals surface area contributed by atoms with Gasteiger partial charge in [-0.25, -0.2) is 0 Å². The highest BCUT2D eigenvalue weighted by atomic mass is 16.5. The molecule has 0 spiro atoms. The molecule has 1 aliphatic rings. The van der Waals surface area contributed by atoms with Crippen molar-refractivity contribution >= 4 is 0 Å². The maximum Gasteiger partial charge on any atom is 0.0787 e. The van der Waals surface area contributed by atoms with Crippen LogP contribution in [0.15, 0.2) is 12.3 Å². The lowest BCUT2D eigenvalue weighted by Gasteiger charge is -2.18. The fourth-order valence-corrected chi connectivity index (χ4v) is 1.01. The van der Waals surface area contributed by atoms with Gasteiger partial charge in [-0.2, -0.15) is 0 Å². The average molecular weight is 128 g/mol. The van der Waals surface area contributed by atoms with E-state index in [-0.39, 0.29) is 6.10 Å². The average Bonchev–Trinajstić information content (AvgIpc) is 1.91. The van der Waals surface area contributed by atoms with Gasteiger partial charge in [0.1, 0.15) is 0 Å². The number of aliphatic hydroxyl groups excluding tert-OH is 1. The molecule has 1 rings (SSSR count). The Balaban J connectivity index is 2.23. The molecule has 1 atom stereocenters. The highest BCUT2D eigenvalue weighted by molar-refractivity contribution is 4.84. The van der Waals surface area contributed by atoms with Crippen molar-refractivity contribution < 1.29 is 9.84 Å². The van der Waals surface area contributed by atoms with E-state index in [1.807, 2.05) is 0 Å². The predicted molar refractivity (Wildman–Crippen MR) is 35.4 cm³/mol. The first-order chi connectivity index (χ1) is 4.43. The number of hydrogen-bond donors (Lipinski definition) is 1. The smallest absolute Gasteiger partial charge is 0.0787 e. The Kier molecular flexibility index (Phi) is 2.58. The van der Waals surface area contributed by atoms with E-state index in [2.05, 4.69) is 0 Å². The van der Waals surface area contributed by atoms with E-state index in [4.69, 9.17) is 9.84 Å². The predicted octanol–water partition coefficient (Wildman–Crippen LogP) is 1.63. The lowest BCUT2D eigenvalue weighted by molar-refractivity contribution is 0.0455. The third-order valence-corrected chi connectivity index (χ3v) is 1.52. The normalized spacial score (nSPS) is 29.1. The summed E-state index contributed by atoms with van der Waals surface area (Å²) >= 11 is 0. The van der Waals surface area contributed by atoms with Gasteiger partial charge in [-0.1, -0.05) is 0 Å². The van der Waals surface area contributed by atoms with Gasteiger partial charge in [-0.15, -0.1) is 0 Å². The summed E-state index contributed by atoms with van der Waals surface area (Å²) in [7, 11) is 0. The summed E-state index contributed by atoms with van der Waals surface area (Å²) in [6.07, 6.45) is 6.36. The van der Waals surface area contributed by atoms with Crippen molar-refractivity contribution in [2.75, 3.05) is 6.61 Å². The Morgan fingerprint density at radius 2 is 2.33 bits per heavy atom. The van der Waals surface area contributed by atoms with Crippen LogP contribution in [0.2, 0.25) is 0 Å². The van der Waals surface area contributed by atoms with Crippen LogP contribution in [0, 0.1) is 0 Å². The summed E-state index contributed by atoms with van der Waals surface area (Å²) in [6.45, 7) is 0.842. The van der Waals surface area contributed by atoms with Crippen LogP contribution in [0.5, 0.6) is 0 Å². The highest BCUT2D eigenvalue weighted by Crippen LogP contribution is 2.12. The zero-order valence-corrected chi connectivity index (χ0v) is 5.42. The fourth-order valence-electron chi connectivity index (χ4n) is 1.01. The van der Waals surface area contributed by atoms with Crippen LogP contribution in [-0.4, -0.2) is 17.8 Å². The minimum Gasteiger partial charge on any atom is -0.516 e. The molecular weight excluding hydrogens is 116 g/mol. The molecule has 0 aromatic rings. The van der Waals surface area contributed by atoms with Gasteiger partial charge in [0.25, 0.3) is 0 Å². The van der Waals surface area contributed by atoms with Crippen LogP contribution in [0.1, 0.15) is 19.3 Å². The maximum atomic E-state index is 8.36. The van der Waals surface area contributed by atoms with Crippen LogP contribution >= 0.6 is 0 Å². The van der Waals surface area contributed by atoms with E-state index in [9.17, 15) is 0 Å². The van der Waals surface area contributed by atoms with Crippen molar-refractivity contribution in [3.8, 4) is 0 Å². The van der Waals surface area contributed by atoms with Crippen molar-refractivity contribution in [2.45, 2.75) is 25.4 Å². The summed E-state index contributed by atoms with van der Waals surface area (Å²) in [5.41, 5.74) is 0. The first-order valence-corrected chi connectivity index (χ1v) is 3.36. The van der Waals surface area contributed by atoms with Gasteiger partial charge in [-0.05, 0) is 25.3 Å². The molecule has 52 valence electrons. The molecule has 0 aliphatic carbocycles. The second-order valence-electron chi connectivity index (χ2n) is 2.25. The molecule has 0 aromatic heterocycles. The van der Waals surface area contributed by atoms with Gasteiger partial charge >= 0.3 is 0 Å². The standard InChI is InChI=1S/C7H12O2/c8-5-4-7-3-1-2-6-9-7/h4-5,7-8H,1-3,6H2/b5-4+. The van der Waals surface area contributed by atoms with E-state index in [0.717, 1.165) is 25.7 Å². The van der Waals surface area contributed by atoms with Crippen molar-refractivity contribution in [3.05, 3.63) is 12.3 Å². The van der Waals surface area contributed by atoms with Gasteiger partial charge in [0, 0.05) is 6.61 Å². The molecule has 0 aromatic carbocycles. The molecule has 2 heteroatoms. The summed E-state index contributed by atoms with van der Waals surface area (Å²) in [5.74, 6) is 0. The van der Waals surface area contributed by atoms with Crippen molar-refractivity contribution in [1.82, 2.24) is 0 Å². The van der Waals surface area contributed by atoms with E-state index in [0.29, 0.717) is 0 Å². The Morgan fingerprint density at radius 1 is 1.44 bits per heavy atom. The largest absolute Gasteiger partial charge is 0.516 e. The van der Waals surface area contributed by atoms with Gasteiger partial charge in [-0.3, -0.25) is 0 Å². The van der Waals surface area contributed by atoms with Crippen LogP contribution in [-0.2, 0) is 4.74 Å². The van der Waals surface area contributed by atoms with Gasteiger partial charge in [0.15, 0.2) is 0 Å². The topological polar surface area (TPSA) is 29.5 Å². The molecule has 0 bridgehead atoms. The SMILES string of the molecule is O/C=C/C1CCCCO1. The third kappa shape index (κ3) is 2.06. The molecular formula is C7H12O2. The van der Waals surface area contributed by atoms with E-state index >= 15 is 0 Å². The lowest BCUT2D eigenvalue weighted by Crippen LogP contribution is -2.15. The molecule has 1 saturated heterocycles. The van der Waals surface area contributed by atoms with Crippen LogP contribution < -0.4 is 0 Å². The van der Waals surface area contributed by atoms with Crippen molar-refractivity contribution in [1.29, 1.82) is 0 Å². The first-order valence-electron chi connectivity index (χ1n) is 3.36. The van der Waals surface area contributed by atoms with E-state index in [1.54, 1.807) is 6.08 Å². The second-order valence-corrected chi connectivity index (χ2v) is 2.25. The number of hydrogen-bond acceptors (Lipinski definition) is 2. The molecule has 0 amide bonds. The molecule has 1 aliphatic heterocycles. The minimum atomic E-state index is 0.170. The first kappa shape index (κ1) is 6.62.